The van der Waals surface area contributed by atoms with Crippen molar-refractivity contribution in [2.75, 3.05) is 0 Å². The van der Waals surface area contributed by atoms with Crippen LogP contribution in [0.1, 0.15) is 54.6 Å². The molecule has 3 aromatic rings. The van der Waals surface area contributed by atoms with E-state index in [4.69, 9.17) is 4.74 Å². The average molecular weight is 403 g/mol. The predicted molar refractivity (Wildman–Crippen MR) is 109 cm³/mol. The Morgan fingerprint density at radius 1 is 1.48 bits per heavy atom. The monoisotopic (exact) mass is 402 g/mol. The summed E-state index contributed by atoms with van der Waals surface area (Å²) < 4.78 is 5.49. The molecule has 0 amide bonds. The molecule has 0 aliphatic heterocycles. The number of thiophene rings is 2. The highest BCUT2D eigenvalue weighted by molar-refractivity contribution is 7.18. The Kier molecular flexibility index (Phi) is 5.14. The Morgan fingerprint density at radius 3 is 3.11 bits per heavy atom. The van der Waals surface area contributed by atoms with Gasteiger partial charge >= 0.3 is 5.97 Å². The van der Waals surface area contributed by atoms with Gasteiger partial charge in [0.2, 0.25) is 0 Å². The van der Waals surface area contributed by atoms with E-state index in [-0.39, 0.29) is 11.5 Å². The van der Waals surface area contributed by atoms with Gasteiger partial charge < -0.3 is 9.72 Å². The fourth-order valence-corrected chi connectivity index (χ4v) is 5.64. The molecule has 0 saturated carbocycles. The van der Waals surface area contributed by atoms with Crippen LogP contribution in [0.25, 0.3) is 10.2 Å². The molecule has 7 heteroatoms. The molecule has 1 aliphatic rings. The maximum atomic E-state index is 12.7. The molecule has 2 atom stereocenters. The summed E-state index contributed by atoms with van der Waals surface area (Å²) in [5.41, 5.74) is 2.17. The number of ether oxygens (including phenoxy) is 1. The number of aromatic nitrogens is 2. The molecule has 0 spiro atoms. The minimum absolute atomic E-state index is 0.122. The normalized spacial score (nSPS) is 17.6. The molecule has 0 radical (unpaired) electrons. The number of carbonyl (C=O) groups excluding carboxylic acids is 1. The van der Waals surface area contributed by atoms with Crippen LogP contribution in [0.15, 0.2) is 21.6 Å². The van der Waals surface area contributed by atoms with Gasteiger partial charge in [0.25, 0.3) is 5.56 Å². The van der Waals surface area contributed by atoms with Crippen LogP contribution in [-0.2, 0) is 28.8 Å². The zero-order valence-corrected chi connectivity index (χ0v) is 17.0. The van der Waals surface area contributed by atoms with Crippen LogP contribution in [-0.4, -0.2) is 15.9 Å². The van der Waals surface area contributed by atoms with Crippen molar-refractivity contribution < 1.29 is 9.53 Å². The Morgan fingerprint density at radius 2 is 2.33 bits per heavy atom. The minimum atomic E-state index is -0.574. The second-order valence-corrected chi connectivity index (χ2v) is 9.11. The van der Waals surface area contributed by atoms with E-state index in [2.05, 4.69) is 16.9 Å². The molecule has 3 heterocycles. The van der Waals surface area contributed by atoms with Gasteiger partial charge in [-0.1, -0.05) is 6.92 Å². The number of aryl methyl sites for hydroxylation is 2. The van der Waals surface area contributed by atoms with Crippen molar-refractivity contribution in [2.24, 2.45) is 5.92 Å². The third-order valence-electron chi connectivity index (χ3n) is 5.07. The van der Waals surface area contributed by atoms with Crippen molar-refractivity contribution in [3.8, 4) is 0 Å². The first-order chi connectivity index (χ1) is 13.0. The van der Waals surface area contributed by atoms with Crippen molar-refractivity contribution in [3.63, 3.8) is 0 Å². The number of nitrogens with one attached hydrogen (secondary N) is 1. The van der Waals surface area contributed by atoms with E-state index in [0.717, 1.165) is 40.6 Å². The first-order valence-corrected chi connectivity index (χ1v) is 11.0. The maximum Gasteiger partial charge on any atom is 0.306 e. The summed E-state index contributed by atoms with van der Waals surface area (Å²) in [4.78, 5) is 34.3. The SMILES string of the molecule is C[C@H]1CCc2c(sc3nc([C@@H](C)OC(=O)CCc4ccsc4)[nH]c(=O)c23)C1. The average Bonchev–Trinajstić information content (AvgIpc) is 3.26. The van der Waals surface area contributed by atoms with Gasteiger partial charge in [-0.2, -0.15) is 11.3 Å². The number of fused-ring (bicyclic) bond motifs is 3. The Bertz CT molecular complexity index is 1020. The van der Waals surface area contributed by atoms with Gasteiger partial charge in [-0.25, -0.2) is 4.98 Å². The summed E-state index contributed by atoms with van der Waals surface area (Å²) in [6, 6.07) is 2.01. The van der Waals surface area contributed by atoms with E-state index in [1.165, 1.54) is 4.88 Å². The number of aromatic amines is 1. The number of nitrogens with zero attached hydrogens (tertiary/aromatic N) is 1. The van der Waals surface area contributed by atoms with Crippen LogP contribution in [0.4, 0.5) is 0 Å². The fraction of sp³-hybridized carbons (Fsp3) is 0.450. The van der Waals surface area contributed by atoms with Gasteiger partial charge in [-0.05, 0) is 66.5 Å². The van der Waals surface area contributed by atoms with E-state index >= 15 is 0 Å². The maximum absolute atomic E-state index is 12.7. The number of rotatable bonds is 5. The van der Waals surface area contributed by atoms with Gasteiger partial charge in [-0.3, -0.25) is 9.59 Å². The smallest absolute Gasteiger partial charge is 0.306 e. The van der Waals surface area contributed by atoms with Gasteiger partial charge in [0.1, 0.15) is 4.83 Å². The molecule has 0 unspecified atom stereocenters. The minimum Gasteiger partial charge on any atom is -0.454 e. The van der Waals surface area contributed by atoms with Crippen LogP contribution in [0.2, 0.25) is 0 Å². The Hall–Kier alpha value is -1.99. The largest absolute Gasteiger partial charge is 0.454 e. The highest BCUT2D eigenvalue weighted by atomic mass is 32.1. The van der Waals surface area contributed by atoms with Crippen LogP contribution in [0.5, 0.6) is 0 Å². The summed E-state index contributed by atoms with van der Waals surface area (Å²) >= 11 is 3.22. The molecule has 0 bridgehead atoms. The van der Waals surface area contributed by atoms with Crippen LogP contribution >= 0.6 is 22.7 Å². The quantitative estimate of drug-likeness (QED) is 0.642. The number of esters is 1. The number of hydrogen-bond donors (Lipinski definition) is 1. The lowest BCUT2D eigenvalue weighted by molar-refractivity contribution is -0.148. The van der Waals surface area contributed by atoms with E-state index in [9.17, 15) is 9.59 Å². The van der Waals surface area contributed by atoms with Gasteiger partial charge in [0, 0.05) is 11.3 Å². The topological polar surface area (TPSA) is 72.0 Å². The molecule has 5 nitrogen and oxygen atoms in total. The molecule has 0 saturated heterocycles. The van der Waals surface area contributed by atoms with E-state index < -0.39 is 6.10 Å². The lowest BCUT2D eigenvalue weighted by Crippen LogP contribution is -2.18. The molecule has 0 fully saturated rings. The van der Waals surface area contributed by atoms with Crippen molar-refractivity contribution >= 4 is 38.9 Å². The highest BCUT2D eigenvalue weighted by Crippen LogP contribution is 2.35. The molecule has 1 N–H and O–H groups in total. The lowest BCUT2D eigenvalue weighted by Gasteiger charge is -2.17. The zero-order valence-electron chi connectivity index (χ0n) is 15.4. The van der Waals surface area contributed by atoms with Gasteiger partial charge in [0.15, 0.2) is 11.9 Å². The Labute approximate surface area is 165 Å². The number of carbonyl (C=O) groups is 1. The summed E-state index contributed by atoms with van der Waals surface area (Å²) in [6.45, 7) is 4.00. The molecular formula is C20H22N2O3S2. The van der Waals surface area contributed by atoms with Crippen LogP contribution in [0.3, 0.4) is 0 Å². The first kappa shape index (κ1) is 18.4. The van der Waals surface area contributed by atoms with Crippen molar-refractivity contribution in [3.05, 3.63) is 49.0 Å². The van der Waals surface area contributed by atoms with E-state index in [1.54, 1.807) is 29.6 Å². The Balaban J connectivity index is 1.51. The van der Waals surface area contributed by atoms with E-state index in [1.807, 2.05) is 16.8 Å². The van der Waals surface area contributed by atoms with Crippen molar-refractivity contribution in [1.29, 1.82) is 0 Å². The highest BCUT2D eigenvalue weighted by Gasteiger charge is 2.24. The predicted octanol–water partition coefficient (Wildman–Crippen LogP) is 4.41. The van der Waals surface area contributed by atoms with E-state index in [0.29, 0.717) is 24.6 Å². The zero-order chi connectivity index (χ0) is 19.0. The molecule has 1 aliphatic carbocycles. The van der Waals surface area contributed by atoms with Gasteiger partial charge in [0.05, 0.1) is 5.39 Å². The summed E-state index contributed by atoms with van der Waals surface area (Å²) in [6.07, 6.45) is 3.46. The molecule has 0 aromatic carbocycles. The third-order valence-corrected chi connectivity index (χ3v) is 6.96. The summed E-state index contributed by atoms with van der Waals surface area (Å²) in [5, 5.41) is 4.75. The first-order valence-electron chi connectivity index (χ1n) is 9.26. The summed E-state index contributed by atoms with van der Waals surface area (Å²) in [7, 11) is 0. The lowest BCUT2D eigenvalue weighted by atomic mass is 9.89. The molecule has 3 aromatic heterocycles. The second-order valence-electron chi connectivity index (χ2n) is 7.25. The number of hydrogen-bond acceptors (Lipinski definition) is 6. The van der Waals surface area contributed by atoms with Gasteiger partial charge in [-0.15, -0.1) is 11.3 Å². The fourth-order valence-electron chi connectivity index (χ4n) is 3.55. The second kappa shape index (κ2) is 7.56. The van der Waals surface area contributed by atoms with Crippen LogP contribution < -0.4 is 5.56 Å². The van der Waals surface area contributed by atoms with Crippen molar-refractivity contribution in [1.82, 2.24) is 9.97 Å². The standard InChI is InChI=1S/C20H22N2O3S2/c1-11-3-5-14-15(9-11)27-20-17(14)19(24)21-18(22-20)12(2)25-16(23)6-4-13-7-8-26-10-13/h7-8,10-12H,3-6,9H2,1-2H3,(H,21,22,24)/t11-,12+/m0/s1. The number of H-pyrrole nitrogens is 1. The molecule has 4 rings (SSSR count). The molecule has 142 valence electrons. The van der Waals surface area contributed by atoms with Crippen molar-refractivity contribution in [2.45, 2.75) is 52.1 Å². The summed E-state index contributed by atoms with van der Waals surface area (Å²) in [5.74, 6) is 0.783. The third kappa shape index (κ3) is 3.84. The molecular weight excluding hydrogens is 380 g/mol. The van der Waals surface area contributed by atoms with Crippen LogP contribution in [0, 0.1) is 5.92 Å². The molecule has 27 heavy (non-hydrogen) atoms.